The number of unbranched alkanes of at least 4 members (excludes halogenated alkanes) is 2. The van der Waals surface area contributed by atoms with Gasteiger partial charge in [0.1, 0.15) is 5.75 Å². The van der Waals surface area contributed by atoms with Crippen LogP contribution in [-0.2, 0) is 6.42 Å². The van der Waals surface area contributed by atoms with Crippen molar-refractivity contribution in [2.75, 3.05) is 6.61 Å². The standard InChI is InChI=1S/C13H14N2O/c14-9-4-1-5-11-16-13-7-3-2-6-12(13)8-10-15/h2-3,6-7H,1,4-5,8,11H2. The highest BCUT2D eigenvalue weighted by Crippen LogP contribution is 2.18. The van der Waals surface area contributed by atoms with E-state index < -0.39 is 0 Å². The number of ether oxygens (including phenoxy) is 1. The highest BCUT2D eigenvalue weighted by Gasteiger charge is 2.01. The largest absolute Gasteiger partial charge is 0.493 e. The lowest BCUT2D eigenvalue weighted by Gasteiger charge is -2.08. The first-order valence-electron chi connectivity index (χ1n) is 5.33. The molecule has 0 N–H and O–H groups in total. The van der Waals surface area contributed by atoms with Crippen LogP contribution in [0.5, 0.6) is 5.75 Å². The van der Waals surface area contributed by atoms with E-state index in [1.54, 1.807) is 0 Å². The van der Waals surface area contributed by atoms with E-state index >= 15 is 0 Å². The van der Waals surface area contributed by atoms with Gasteiger partial charge < -0.3 is 4.74 Å². The van der Waals surface area contributed by atoms with Crippen LogP contribution in [-0.4, -0.2) is 6.61 Å². The van der Waals surface area contributed by atoms with Crippen molar-refractivity contribution in [3.8, 4) is 17.9 Å². The molecule has 0 spiro atoms. The van der Waals surface area contributed by atoms with Crippen LogP contribution in [0.4, 0.5) is 0 Å². The number of hydrogen-bond donors (Lipinski definition) is 0. The van der Waals surface area contributed by atoms with Crippen molar-refractivity contribution in [3.05, 3.63) is 29.8 Å². The lowest BCUT2D eigenvalue weighted by atomic mass is 10.1. The Morgan fingerprint density at radius 1 is 1.06 bits per heavy atom. The van der Waals surface area contributed by atoms with Crippen LogP contribution >= 0.6 is 0 Å². The fourth-order valence-electron chi connectivity index (χ4n) is 1.36. The van der Waals surface area contributed by atoms with Crippen molar-refractivity contribution in [1.82, 2.24) is 0 Å². The first kappa shape index (κ1) is 12.1. The molecule has 0 amide bonds. The first-order valence-corrected chi connectivity index (χ1v) is 5.33. The van der Waals surface area contributed by atoms with Gasteiger partial charge in [0, 0.05) is 12.0 Å². The minimum Gasteiger partial charge on any atom is -0.493 e. The number of rotatable bonds is 6. The van der Waals surface area contributed by atoms with Gasteiger partial charge in [0.2, 0.25) is 0 Å². The molecule has 0 aliphatic rings. The number of nitrogens with zero attached hydrogens (tertiary/aromatic N) is 2. The van der Waals surface area contributed by atoms with Crippen molar-refractivity contribution < 1.29 is 4.74 Å². The second-order valence-corrected chi connectivity index (χ2v) is 3.41. The minimum absolute atomic E-state index is 0.369. The van der Waals surface area contributed by atoms with E-state index in [2.05, 4.69) is 12.1 Å². The Kier molecular flexibility index (Phi) is 5.52. The molecule has 16 heavy (non-hydrogen) atoms. The Morgan fingerprint density at radius 2 is 1.88 bits per heavy atom. The van der Waals surface area contributed by atoms with Gasteiger partial charge >= 0.3 is 0 Å². The van der Waals surface area contributed by atoms with Crippen LogP contribution in [0, 0.1) is 22.7 Å². The van der Waals surface area contributed by atoms with Crippen molar-refractivity contribution in [3.63, 3.8) is 0 Å². The summed E-state index contributed by atoms with van der Waals surface area (Å²) in [5.41, 5.74) is 0.922. The van der Waals surface area contributed by atoms with Crippen LogP contribution in [0.3, 0.4) is 0 Å². The van der Waals surface area contributed by atoms with E-state index in [-0.39, 0.29) is 0 Å². The Bertz CT molecular complexity index is 401. The summed E-state index contributed by atoms with van der Waals surface area (Å²) in [5.74, 6) is 0.779. The van der Waals surface area contributed by atoms with Gasteiger partial charge in [-0.3, -0.25) is 0 Å². The van der Waals surface area contributed by atoms with Gasteiger partial charge in [0.25, 0.3) is 0 Å². The zero-order valence-corrected chi connectivity index (χ0v) is 9.15. The molecule has 0 aromatic heterocycles. The van der Waals surface area contributed by atoms with E-state index in [1.165, 1.54) is 0 Å². The molecular formula is C13H14N2O. The van der Waals surface area contributed by atoms with E-state index in [0.29, 0.717) is 19.4 Å². The highest BCUT2D eigenvalue weighted by atomic mass is 16.5. The van der Waals surface area contributed by atoms with Crippen LogP contribution in [0.15, 0.2) is 24.3 Å². The summed E-state index contributed by atoms with van der Waals surface area (Å²) in [6.07, 6.45) is 2.67. The molecule has 0 bridgehead atoms. The number of para-hydroxylation sites is 1. The van der Waals surface area contributed by atoms with Crippen molar-refractivity contribution in [2.45, 2.75) is 25.7 Å². The fraction of sp³-hybridized carbons (Fsp3) is 0.385. The summed E-state index contributed by atoms with van der Waals surface area (Å²) in [4.78, 5) is 0. The van der Waals surface area contributed by atoms with Crippen LogP contribution < -0.4 is 4.74 Å². The Hall–Kier alpha value is -2.00. The van der Waals surface area contributed by atoms with Crippen molar-refractivity contribution in [2.24, 2.45) is 0 Å². The zero-order valence-electron chi connectivity index (χ0n) is 9.15. The third-order valence-corrected chi connectivity index (χ3v) is 2.18. The third-order valence-electron chi connectivity index (χ3n) is 2.18. The maximum absolute atomic E-state index is 8.64. The van der Waals surface area contributed by atoms with Crippen LogP contribution in [0.1, 0.15) is 24.8 Å². The average Bonchev–Trinajstić information content (AvgIpc) is 2.31. The molecule has 1 rings (SSSR count). The third kappa shape index (κ3) is 4.02. The normalized spacial score (nSPS) is 9.12. The maximum Gasteiger partial charge on any atom is 0.123 e. The summed E-state index contributed by atoms with van der Waals surface area (Å²) < 4.78 is 5.58. The quantitative estimate of drug-likeness (QED) is 0.684. The second-order valence-electron chi connectivity index (χ2n) is 3.41. The lowest BCUT2D eigenvalue weighted by Crippen LogP contribution is -1.99. The van der Waals surface area contributed by atoms with Crippen molar-refractivity contribution in [1.29, 1.82) is 10.5 Å². The van der Waals surface area contributed by atoms with Gasteiger partial charge in [-0.1, -0.05) is 18.2 Å². The predicted molar refractivity (Wildman–Crippen MR) is 60.7 cm³/mol. The molecule has 1 aromatic rings. The molecule has 0 saturated carbocycles. The van der Waals surface area contributed by atoms with Crippen LogP contribution in [0.2, 0.25) is 0 Å². The van der Waals surface area contributed by atoms with Crippen LogP contribution in [0.25, 0.3) is 0 Å². The van der Waals surface area contributed by atoms with E-state index in [0.717, 1.165) is 24.2 Å². The van der Waals surface area contributed by atoms with E-state index in [1.807, 2.05) is 24.3 Å². The molecule has 0 heterocycles. The molecule has 0 aliphatic heterocycles. The Balaban J connectivity index is 2.41. The monoisotopic (exact) mass is 214 g/mol. The summed E-state index contributed by atoms with van der Waals surface area (Å²) in [5, 5.41) is 17.0. The van der Waals surface area contributed by atoms with E-state index in [9.17, 15) is 0 Å². The van der Waals surface area contributed by atoms with Gasteiger partial charge in [0.15, 0.2) is 0 Å². The highest BCUT2D eigenvalue weighted by molar-refractivity contribution is 5.35. The Morgan fingerprint density at radius 3 is 2.62 bits per heavy atom. The van der Waals surface area contributed by atoms with Gasteiger partial charge in [-0.2, -0.15) is 10.5 Å². The second kappa shape index (κ2) is 7.31. The molecule has 0 aliphatic carbocycles. The average molecular weight is 214 g/mol. The Labute approximate surface area is 95.9 Å². The summed E-state index contributed by atoms with van der Waals surface area (Å²) in [7, 11) is 0. The number of benzene rings is 1. The molecule has 0 saturated heterocycles. The number of hydrogen-bond acceptors (Lipinski definition) is 3. The summed E-state index contributed by atoms with van der Waals surface area (Å²) in [6.45, 7) is 0.601. The molecule has 0 unspecified atom stereocenters. The summed E-state index contributed by atoms with van der Waals surface area (Å²) >= 11 is 0. The minimum atomic E-state index is 0.369. The maximum atomic E-state index is 8.64. The zero-order chi connectivity index (χ0) is 11.6. The topological polar surface area (TPSA) is 56.8 Å². The smallest absolute Gasteiger partial charge is 0.123 e. The van der Waals surface area contributed by atoms with Gasteiger partial charge in [0.05, 0.1) is 25.2 Å². The van der Waals surface area contributed by atoms with Gasteiger partial charge in [-0.15, -0.1) is 0 Å². The molecule has 3 heteroatoms. The lowest BCUT2D eigenvalue weighted by molar-refractivity contribution is 0.305. The first-order chi connectivity index (χ1) is 7.88. The molecular weight excluding hydrogens is 200 g/mol. The molecule has 0 fully saturated rings. The molecule has 0 atom stereocenters. The van der Waals surface area contributed by atoms with Gasteiger partial charge in [-0.25, -0.2) is 0 Å². The van der Waals surface area contributed by atoms with E-state index in [4.69, 9.17) is 15.3 Å². The van der Waals surface area contributed by atoms with Crippen molar-refractivity contribution >= 4 is 0 Å². The summed E-state index contributed by atoms with van der Waals surface area (Å²) in [6, 6.07) is 11.8. The molecule has 0 radical (unpaired) electrons. The molecule has 1 aromatic carbocycles. The molecule has 3 nitrogen and oxygen atoms in total. The predicted octanol–water partition coefficient (Wildman–Crippen LogP) is 2.83. The molecule has 82 valence electrons. The fourth-order valence-corrected chi connectivity index (χ4v) is 1.36. The number of nitriles is 2. The SMILES string of the molecule is N#CCCCCOc1ccccc1CC#N. The van der Waals surface area contributed by atoms with Gasteiger partial charge in [-0.05, 0) is 18.9 Å².